The molecule has 3 heterocycles. The van der Waals surface area contributed by atoms with Crippen LogP contribution in [0, 0.1) is 0 Å². The van der Waals surface area contributed by atoms with Gasteiger partial charge in [0, 0.05) is 13.1 Å². The number of rotatable bonds is 1. The van der Waals surface area contributed by atoms with E-state index < -0.39 is 0 Å². The quantitative estimate of drug-likeness (QED) is 0.691. The van der Waals surface area contributed by atoms with E-state index in [0.717, 1.165) is 13.1 Å². The summed E-state index contributed by atoms with van der Waals surface area (Å²) in [6.45, 7) is 2.86. The standard InChI is InChI=1S/C8H8ClN6O/c9-8-10-6-5(12-14-13-6)7(11-8)15-1-3-16-4-2-15/h1-4H2. The molecule has 0 amide bonds. The van der Waals surface area contributed by atoms with Crippen molar-refractivity contribution in [3.05, 3.63) is 5.28 Å². The first-order valence-electron chi connectivity index (χ1n) is 4.86. The maximum Gasteiger partial charge on any atom is 0.226 e. The summed E-state index contributed by atoms with van der Waals surface area (Å²) in [4.78, 5) is 10.2. The average Bonchev–Trinajstić information content (AvgIpc) is 2.77. The van der Waals surface area contributed by atoms with Crippen LogP contribution in [0.5, 0.6) is 0 Å². The predicted molar refractivity (Wildman–Crippen MR) is 56.4 cm³/mol. The normalized spacial score (nSPS) is 18.4. The molecule has 1 fully saturated rings. The molecule has 2 aliphatic rings. The van der Waals surface area contributed by atoms with E-state index in [4.69, 9.17) is 16.3 Å². The molecule has 1 aromatic rings. The number of hydrogen-bond acceptors (Lipinski definition) is 6. The monoisotopic (exact) mass is 239 g/mol. The number of anilines is 1. The minimum Gasteiger partial charge on any atom is -0.378 e. The lowest BCUT2D eigenvalue weighted by Gasteiger charge is -2.28. The van der Waals surface area contributed by atoms with Crippen molar-refractivity contribution in [3.8, 4) is 0 Å². The molecule has 0 atom stereocenters. The second kappa shape index (κ2) is 3.84. The Morgan fingerprint density at radius 3 is 2.81 bits per heavy atom. The molecule has 0 aliphatic carbocycles. The zero-order valence-electron chi connectivity index (χ0n) is 8.30. The summed E-state index contributed by atoms with van der Waals surface area (Å²) >= 11 is 5.82. The van der Waals surface area contributed by atoms with E-state index in [0.29, 0.717) is 30.5 Å². The van der Waals surface area contributed by atoms with Crippen LogP contribution < -0.4 is 10.3 Å². The van der Waals surface area contributed by atoms with Gasteiger partial charge in [-0.3, -0.25) is 0 Å². The largest absolute Gasteiger partial charge is 0.378 e. The van der Waals surface area contributed by atoms with Crippen LogP contribution in [-0.4, -0.2) is 36.3 Å². The first-order valence-corrected chi connectivity index (χ1v) is 5.24. The van der Waals surface area contributed by atoms with Crippen LogP contribution in [0.25, 0.3) is 0 Å². The number of ether oxygens (including phenoxy) is 1. The highest BCUT2D eigenvalue weighted by atomic mass is 35.5. The van der Waals surface area contributed by atoms with Gasteiger partial charge in [-0.1, -0.05) is 0 Å². The Hall–Kier alpha value is -1.47. The van der Waals surface area contributed by atoms with Gasteiger partial charge in [0.1, 0.15) is 0 Å². The number of morpholine rings is 1. The van der Waals surface area contributed by atoms with E-state index in [1.165, 1.54) is 0 Å². The van der Waals surface area contributed by atoms with Crippen LogP contribution in [0.2, 0.25) is 5.28 Å². The molecule has 7 nitrogen and oxygen atoms in total. The SMILES string of the molecule is Clc1nc2c(c(N3CCOCC3)n1)N=N[N]2. The molecule has 16 heavy (non-hydrogen) atoms. The molecule has 1 aromatic heterocycles. The Labute approximate surface area is 96.5 Å². The summed E-state index contributed by atoms with van der Waals surface area (Å²) in [5.41, 5.74) is 4.37. The van der Waals surface area contributed by atoms with Gasteiger partial charge < -0.3 is 9.64 Å². The summed E-state index contributed by atoms with van der Waals surface area (Å²) in [6.07, 6.45) is 0. The molecular formula is C8H8ClN6O. The maximum atomic E-state index is 5.82. The molecule has 2 aliphatic heterocycles. The molecule has 0 N–H and O–H groups in total. The van der Waals surface area contributed by atoms with Gasteiger partial charge in [0.05, 0.1) is 13.2 Å². The Morgan fingerprint density at radius 1 is 1.19 bits per heavy atom. The van der Waals surface area contributed by atoms with E-state index >= 15 is 0 Å². The van der Waals surface area contributed by atoms with Crippen LogP contribution in [0.15, 0.2) is 10.3 Å². The summed E-state index contributed by atoms with van der Waals surface area (Å²) in [6, 6.07) is 0. The average molecular weight is 240 g/mol. The van der Waals surface area contributed by atoms with Gasteiger partial charge in [-0.15, -0.1) is 10.5 Å². The van der Waals surface area contributed by atoms with E-state index in [9.17, 15) is 0 Å². The Morgan fingerprint density at radius 2 is 2.00 bits per heavy atom. The van der Waals surface area contributed by atoms with Gasteiger partial charge >= 0.3 is 0 Å². The third-order valence-electron chi connectivity index (χ3n) is 2.41. The van der Waals surface area contributed by atoms with Crippen LogP contribution in [-0.2, 0) is 4.74 Å². The van der Waals surface area contributed by atoms with Crippen molar-refractivity contribution in [1.82, 2.24) is 15.4 Å². The highest BCUT2D eigenvalue weighted by Gasteiger charge is 2.24. The van der Waals surface area contributed by atoms with Gasteiger partial charge in [-0.2, -0.15) is 9.97 Å². The lowest BCUT2D eigenvalue weighted by Crippen LogP contribution is -2.36. The van der Waals surface area contributed by atoms with Crippen LogP contribution in [0.3, 0.4) is 0 Å². The van der Waals surface area contributed by atoms with Crippen molar-refractivity contribution in [2.45, 2.75) is 0 Å². The number of hydrogen-bond donors (Lipinski definition) is 0. The van der Waals surface area contributed by atoms with E-state index in [1.54, 1.807) is 0 Å². The van der Waals surface area contributed by atoms with Gasteiger partial charge in [0.15, 0.2) is 11.5 Å². The minimum atomic E-state index is 0.163. The lowest BCUT2D eigenvalue weighted by atomic mass is 10.3. The predicted octanol–water partition coefficient (Wildman–Crippen LogP) is 1.21. The number of aromatic nitrogens is 2. The zero-order valence-corrected chi connectivity index (χ0v) is 9.05. The molecule has 83 valence electrons. The second-order valence-electron chi connectivity index (χ2n) is 3.38. The number of fused-ring (bicyclic) bond motifs is 1. The summed E-state index contributed by atoms with van der Waals surface area (Å²) in [5.74, 6) is 1.12. The number of halogens is 1. The molecule has 0 bridgehead atoms. The van der Waals surface area contributed by atoms with Crippen molar-refractivity contribution in [1.29, 1.82) is 0 Å². The van der Waals surface area contributed by atoms with Crippen LogP contribution in [0.4, 0.5) is 17.3 Å². The Bertz CT molecular complexity index is 444. The summed E-state index contributed by atoms with van der Waals surface area (Å²) in [5, 5.41) is 7.65. The molecule has 0 unspecified atom stereocenters. The van der Waals surface area contributed by atoms with Crippen molar-refractivity contribution in [2.75, 3.05) is 31.2 Å². The molecule has 8 heteroatoms. The van der Waals surface area contributed by atoms with Crippen molar-refractivity contribution in [2.24, 2.45) is 10.3 Å². The van der Waals surface area contributed by atoms with Gasteiger partial charge in [0.25, 0.3) is 0 Å². The fourth-order valence-corrected chi connectivity index (χ4v) is 1.83. The fourth-order valence-electron chi connectivity index (χ4n) is 1.67. The van der Waals surface area contributed by atoms with Gasteiger partial charge in [-0.25, -0.2) is 0 Å². The molecule has 3 rings (SSSR count). The van der Waals surface area contributed by atoms with Gasteiger partial charge in [0.2, 0.25) is 11.1 Å². The lowest BCUT2D eigenvalue weighted by molar-refractivity contribution is 0.122. The third-order valence-corrected chi connectivity index (χ3v) is 2.58. The first kappa shape index (κ1) is 9.73. The van der Waals surface area contributed by atoms with Crippen molar-refractivity contribution in [3.63, 3.8) is 0 Å². The van der Waals surface area contributed by atoms with Gasteiger partial charge in [-0.05, 0) is 16.8 Å². The highest BCUT2D eigenvalue weighted by molar-refractivity contribution is 6.28. The highest BCUT2D eigenvalue weighted by Crippen LogP contribution is 2.38. The topological polar surface area (TPSA) is 77.1 Å². The maximum absolute atomic E-state index is 5.82. The van der Waals surface area contributed by atoms with E-state index in [1.807, 2.05) is 0 Å². The van der Waals surface area contributed by atoms with E-state index in [-0.39, 0.29) is 5.28 Å². The molecule has 0 spiro atoms. The van der Waals surface area contributed by atoms with Crippen LogP contribution in [0.1, 0.15) is 0 Å². The third kappa shape index (κ3) is 1.57. The second-order valence-corrected chi connectivity index (χ2v) is 3.72. The Balaban J connectivity index is 2.01. The van der Waals surface area contributed by atoms with Crippen molar-refractivity contribution >= 4 is 28.9 Å². The molecule has 1 saturated heterocycles. The van der Waals surface area contributed by atoms with E-state index in [2.05, 4.69) is 30.6 Å². The zero-order chi connectivity index (χ0) is 11.0. The Kier molecular flexibility index (Phi) is 2.33. The molecule has 1 radical (unpaired) electrons. The number of nitrogens with zero attached hydrogens (tertiary/aromatic N) is 6. The van der Waals surface area contributed by atoms with Crippen molar-refractivity contribution < 1.29 is 4.74 Å². The minimum absolute atomic E-state index is 0.163. The molecule has 0 aromatic carbocycles. The first-order chi connectivity index (χ1) is 7.84. The van der Waals surface area contributed by atoms with Crippen LogP contribution >= 0.6 is 11.6 Å². The fraction of sp³-hybridized carbons (Fsp3) is 0.500. The summed E-state index contributed by atoms with van der Waals surface area (Å²) in [7, 11) is 0. The molecular weight excluding hydrogens is 232 g/mol. The smallest absolute Gasteiger partial charge is 0.226 e. The summed E-state index contributed by atoms with van der Waals surface area (Å²) < 4.78 is 5.28. The molecule has 0 saturated carbocycles.